The van der Waals surface area contributed by atoms with Crippen LogP contribution in [0.3, 0.4) is 0 Å². The van der Waals surface area contributed by atoms with Crippen LogP contribution in [0.5, 0.6) is 0 Å². The van der Waals surface area contributed by atoms with Crippen LogP contribution < -0.4 is 0 Å². The molecule has 0 atom stereocenters. The van der Waals surface area contributed by atoms with Crippen LogP contribution in [-0.2, 0) is 17.6 Å². The number of hydrogen-bond acceptors (Lipinski definition) is 6. The van der Waals surface area contributed by atoms with E-state index in [2.05, 4.69) is 10.1 Å². The number of aromatic nitrogens is 4. The predicted octanol–water partition coefficient (Wildman–Crippen LogP) is 3.67. The van der Waals surface area contributed by atoms with Crippen molar-refractivity contribution in [1.29, 1.82) is 0 Å². The third kappa shape index (κ3) is 2.31. The molecule has 7 heteroatoms. The topological polar surface area (TPSA) is 69.4 Å². The van der Waals surface area contributed by atoms with Gasteiger partial charge in [0, 0.05) is 10.4 Å². The summed E-state index contributed by atoms with van der Waals surface area (Å²) >= 11 is 1.78. The van der Waals surface area contributed by atoms with Crippen molar-refractivity contribution in [1.82, 2.24) is 19.6 Å². The zero-order valence-electron chi connectivity index (χ0n) is 14.2. The van der Waals surface area contributed by atoms with Gasteiger partial charge in [0.1, 0.15) is 11.2 Å². The van der Waals surface area contributed by atoms with Crippen LogP contribution in [0.2, 0.25) is 0 Å². The van der Waals surface area contributed by atoms with E-state index in [1.165, 1.54) is 30.4 Å². The van der Waals surface area contributed by atoms with Crippen molar-refractivity contribution in [2.75, 3.05) is 7.11 Å². The quantitative estimate of drug-likeness (QED) is 0.508. The molecule has 6 nitrogen and oxygen atoms in total. The van der Waals surface area contributed by atoms with Crippen molar-refractivity contribution in [2.24, 2.45) is 0 Å². The number of ether oxygens (including phenoxy) is 1. The second-order valence-electron chi connectivity index (χ2n) is 6.41. The van der Waals surface area contributed by atoms with Gasteiger partial charge in [-0.15, -0.1) is 16.4 Å². The largest absolute Gasteiger partial charge is 0.465 e. The van der Waals surface area contributed by atoms with E-state index < -0.39 is 0 Å². The first-order valence-corrected chi connectivity index (χ1v) is 9.40. The monoisotopic (exact) mass is 364 g/mol. The highest BCUT2D eigenvalue weighted by Crippen LogP contribution is 2.37. The lowest BCUT2D eigenvalue weighted by Gasteiger charge is -2.09. The summed E-state index contributed by atoms with van der Waals surface area (Å²) in [6.07, 6.45) is 6.43. The summed E-state index contributed by atoms with van der Waals surface area (Å²) in [5.41, 5.74) is 3.63. The second kappa shape index (κ2) is 5.88. The van der Waals surface area contributed by atoms with Crippen LogP contribution >= 0.6 is 11.3 Å². The molecule has 4 aromatic rings. The zero-order valence-corrected chi connectivity index (χ0v) is 15.0. The summed E-state index contributed by atoms with van der Waals surface area (Å²) in [7, 11) is 1.37. The van der Waals surface area contributed by atoms with Gasteiger partial charge in [-0.2, -0.15) is 0 Å². The van der Waals surface area contributed by atoms with Gasteiger partial charge in [0.25, 0.3) is 0 Å². The number of rotatable bonds is 2. The molecule has 0 spiro atoms. The molecule has 0 aliphatic heterocycles. The molecule has 3 heterocycles. The molecule has 0 N–H and O–H groups in total. The van der Waals surface area contributed by atoms with Gasteiger partial charge in [-0.05, 0) is 43.4 Å². The van der Waals surface area contributed by atoms with E-state index in [1.54, 1.807) is 34.3 Å². The van der Waals surface area contributed by atoms with Gasteiger partial charge in [0.05, 0.1) is 18.1 Å². The molecule has 1 aromatic carbocycles. The highest BCUT2D eigenvalue weighted by atomic mass is 32.1. The third-order valence-corrected chi connectivity index (χ3v) is 6.06. The van der Waals surface area contributed by atoms with Crippen molar-refractivity contribution < 1.29 is 9.53 Å². The molecule has 0 bridgehead atoms. The fourth-order valence-electron chi connectivity index (χ4n) is 3.55. The Balaban J connectivity index is 1.64. The Morgan fingerprint density at radius 1 is 1.19 bits per heavy atom. The molecule has 0 saturated heterocycles. The third-order valence-electron chi connectivity index (χ3n) is 4.86. The lowest BCUT2D eigenvalue weighted by molar-refractivity contribution is 0.0601. The Bertz CT molecular complexity index is 1140. The van der Waals surface area contributed by atoms with E-state index in [0.29, 0.717) is 11.4 Å². The molecule has 26 heavy (non-hydrogen) atoms. The van der Waals surface area contributed by atoms with Crippen LogP contribution in [-0.4, -0.2) is 32.7 Å². The molecule has 130 valence electrons. The predicted molar refractivity (Wildman–Crippen MR) is 99.6 cm³/mol. The van der Waals surface area contributed by atoms with Gasteiger partial charge in [-0.25, -0.2) is 19.3 Å². The highest BCUT2D eigenvalue weighted by molar-refractivity contribution is 7.19. The molecule has 5 rings (SSSR count). The second-order valence-corrected chi connectivity index (χ2v) is 7.49. The molecular weight excluding hydrogens is 348 g/mol. The summed E-state index contributed by atoms with van der Waals surface area (Å²) in [5, 5.41) is 5.74. The average molecular weight is 364 g/mol. The first-order chi connectivity index (χ1) is 12.7. The Hall–Kier alpha value is -2.80. The van der Waals surface area contributed by atoms with Crippen molar-refractivity contribution >= 4 is 33.2 Å². The van der Waals surface area contributed by atoms with Crippen LogP contribution in [0, 0.1) is 0 Å². The van der Waals surface area contributed by atoms with Crippen LogP contribution in [0.25, 0.3) is 27.3 Å². The van der Waals surface area contributed by atoms with Crippen LogP contribution in [0.4, 0.5) is 0 Å². The number of hydrogen-bond donors (Lipinski definition) is 0. The minimum atomic E-state index is -0.352. The van der Waals surface area contributed by atoms with E-state index in [0.717, 1.165) is 34.3 Å². The fourth-order valence-corrected chi connectivity index (χ4v) is 4.77. The van der Waals surface area contributed by atoms with E-state index in [1.807, 2.05) is 12.1 Å². The molecule has 1 aliphatic rings. The molecule has 0 fully saturated rings. The number of benzene rings is 1. The summed E-state index contributed by atoms with van der Waals surface area (Å²) in [4.78, 5) is 23.5. The Morgan fingerprint density at radius 2 is 2.00 bits per heavy atom. The molecule has 1 aliphatic carbocycles. The first kappa shape index (κ1) is 15.5. The summed E-state index contributed by atoms with van der Waals surface area (Å²) in [6.45, 7) is 0. The van der Waals surface area contributed by atoms with E-state index in [9.17, 15) is 4.79 Å². The maximum Gasteiger partial charge on any atom is 0.337 e. The van der Waals surface area contributed by atoms with Gasteiger partial charge in [0.2, 0.25) is 0 Å². The van der Waals surface area contributed by atoms with E-state index in [-0.39, 0.29) is 5.97 Å². The number of nitrogens with zero attached hydrogens (tertiary/aromatic N) is 4. The van der Waals surface area contributed by atoms with Crippen molar-refractivity contribution in [2.45, 2.75) is 25.7 Å². The Kier molecular flexibility index (Phi) is 3.49. The maximum atomic E-state index is 11.6. The first-order valence-electron chi connectivity index (χ1n) is 8.59. The molecule has 0 radical (unpaired) electrons. The minimum Gasteiger partial charge on any atom is -0.465 e. The molecule has 0 amide bonds. The number of carbonyl (C=O) groups excluding carboxylic acids is 1. The Labute approximate surface area is 153 Å². The number of thiophene rings is 1. The zero-order chi connectivity index (χ0) is 17.7. The molecule has 0 saturated carbocycles. The van der Waals surface area contributed by atoms with Gasteiger partial charge in [0.15, 0.2) is 11.5 Å². The standard InChI is InChI=1S/C19H16N4O2S/c1-25-19(24)12-8-6-11(7-9-12)16-21-17-15-13-4-2-3-5-14(13)26-18(15)20-10-23(17)22-16/h6-10H,2-5H2,1H3. The van der Waals surface area contributed by atoms with Gasteiger partial charge in [-0.1, -0.05) is 12.1 Å². The van der Waals surface area contributed by atoms with Crippen LogP contribution in [0.15, 0.2) is 30.6 Å². The Morgan fingerprint density at radius 3 is 2.81 bits per heavy atom. The molecule has 3 aromatic heterocycles. The molecule has 0 unspecified atom stereocenters. The van der Waals surface area contributed by atoms with Crippen molar-refractivity contribution in [3.8, 4) is 11.4 Å². The van der Waals surface area contributed by atoms with E-state index in [4.69, 9.17) is 9.72 Å². The van der Waals surface area contributed by atoms with Crippen molar-refractivity contribution in [3.05, 3.63) is 46.6 Å². The van der Waals surface area contributed by atoms with Gasteiger partial charge < -0.3 is 4.74 Å². The maximum absolute atomic E-state index is 11.6. The summed E-state index contributed by atoms with van der Waals surface area (Å²) in [6, 6.07) is 7.14. The molecular formula is C19H16N4O2S. The lowest BCUT2D eigenvalue weighted by atomic mass is 9.97. The van der Waals surface area contributed by atoms with Crippen LogP contribution in [0.1, 0.15) is 33.6 Å². The number of carbonyl (C=O) groups is 1. The average Bonchev–Trinajstić information content (AvgIpc) is 3.28. The minimum absolute atomic E-state index is 0.352. The van der Waals surface area contributed by atoms with Gasteiger partial charge >= 0.3 is 5.97 Å². The number of aryl methyl sites for hydroxylation is 2. The number of esters is 1. The highest BCUT2D eigenvalue weighted by Gasteiger charge is 2.21. The summed E-state index contributed by atoms with van der Waals surface area (Å²) in [5.74, 6) is 0.279. The number of fused-ring (bicyclic) bond motifs is 5. The SMILES string of the molecule is COC(=O)c1ccc(-c2nc3c4c5c(sc4ncn3n2)CCCC5)cc1. The lowest BCUT2D eigenvalue weighted by Crippen LogP contribution is -2.00. The summed E-state index contributed by atoms with van der Waals surface area (Å²) < 4.78 is 6.50. The fraction of sp³-hybridized carbons (Fsp3) is 0.263. The normalized spacial score (nSPS) is 13.9. The number of methoxy groups -OCH3 is 1. The smallest absolute Gasteiger partial charge is 0.337 e. The van der Waals surface area contributed by atoms with E-state index >= 15 is 0 Å². The van der Waals surface area contributed by atoms with Gasteiger partial charge in [-0.3, -0.25) is 0 Å². The van der Waals surface area contributed by atoms with Crippen molar-refractivity contribution in [3.63, 3.8) is 0 Å².